The molecule has 0 heterocycles. The second-order valence-electron chi connectivity index (χ2n) is 13.1. The molecular weight excluding hydrogens is 569 g/mol. The molecule has 0 N–H and O–H groups in total. The second-order valence-corrected chi connectivity index (χ2v) is 13.1. The lowest BCUT2D eigenvalue weighted by Gasteiger charge is -2.26. The van der Waals surface area contributed by atoms with Crippen LogP contribution in [-0.4, -0.2) is 5.78 Å². The van der Waals surface area contributed by atoms with E-state index in [0.717, 1.165) is 29.4 Å². The van der Waals surface area contributed by atoms with Crippen LogP contribution in [-0.2, 0) is 0 Å². The summed E-state index contributed by atoms with van der Waals surface area (Å²) in [5.41, 5.74) is 5.63. The van der Waals surface area contributed by atoms with Gasteiger partial charge in [0.25, 0.3) is 0 Å². The van der Waals surface area contributed by atoms with Gasteiger partial charge in [-0.3, -0.25) is 4.79 Å². The zero-order valence-electron chi connectivity index (χ0n) is 25.8. The Morgan fingerprint density at radius 3 is 1.60 bits per heavy atom. The van der Waals surface area contributed by atoms with Crippen LogP contribution < -0.4 is 0 Å². The maximum atomic E-state index is 15.3. The molecule has 1 aliphatic rings. The van der Waals surface area contributed by atoms with Gasteiger partial charge in [-0.2, -0.15) is 0 Å². The number of rotatable bonds is 5. The Bertz CT molecular complexity index is 2710. The molecule has 0 radical (unpaired) electrons. The van der Waals surface area contributed by atoms with Crippen molar-refractivity contribution in [2.24, 2.45) is 0 Å². The highest BCUT2D eigenvalue weighted by Gasteiger charge is 2.30. The van der Waals surface area contributed by atoms with Crippen LogP contribution >= 0.6 is 0 Å². The summed E-state index contributed by atoms with van der Waals surface area (Å²) >= 11 is 0. The van der Waals surface area contributed by atoms with Crippen LogP contribution in [0.4, 0.5) is 0 Å². The van der Waals surface area contributed by atoms with Gasteiger partial charge < -0.3 is 0 Å². The van der Waals surface area contributed by atoms with Gasteiger partial charge in [-0.1, -0.05) is 157 Å². The third kappa shape index (κ3) is 3.93. The van der Waals surface area contributed by atoms with Crippen molar-refractivity contribution in [1.29, 1.82) is 0 Å². The van der Waals surface area contributed by atoms with Crippen molar-refractivity contribution in [1.82, 2.24) is 0 Å². The Kier molecular flexibility index (Phi) is 5.68. The van der Waals surface area contributed by atoms with Crippen molar-refractivity contribution in [2.45, 2.75) is 18.8 Å². The average molecular weight is 599 g/mol. The van der Waals surface area contributed by atoms with Gasteiger partial charge in [0, 0.05) is 5.56 Å². The molecule has 1 heteroatoms. The van der Waals surface area contributed by atoms with Crippen LogP contribution in [0.2, 0.25) is 0 Å². The Hall–Kier alpha value is -5.79. The summed E-state index contributed by atoms with van der Waals surface area (Å²) in [6.45, 7) is 0. The number of allylic oxidation sites excluding steroid dienone is 4. The number of benzene rings is 9. The molecule has 1 atom stereocenters. The predicted octanol–water partition coefficient (Wildman–Crippen LogP) is 12.3. The molecule has 0 spiro atoms. The molecule has 0 aliphatic heterocycles. The highest BCUT2D eigenvalue weighted by molar-refractivity contribution is 6.28. The molecule has 0 bridgehead atoms. The Labute approximate surface area is 272 Å². The molecular formula is C46H30O. The molecule has 220 valence electrons. The SMILES string of the molecule is O=C(c1ccc2ccc3cccc4ccc1c2c34)C(C1=CC=C(c2ccccc2)CC1)c1ccc2ccc3cccc4ccc1c2c34. The minimum atomic E-state index is -0.397. The summed E-state index contributed by atoms with van der Waals surface area (Å²) in [6, 6.07) is 49.9. The van der Waals surface area contributed by atoms with E-state index in [-0.39, 0.29) is 5.78 Å². The molecule has 0 amide bonds. The van der Waals surface area contributed by atoms with Crippen molar-refractivity contribution >= 4 is 76.0 Å². The standard InChI is InChI=1S/C46H30O/c47-46(40-27-23-35-19-17-31-9-5-11-33-21-26-39(40)44(35)42(31)33)45(36-14-12-29(13-15-36)28-6-2-1-3-7-28)38-25-22-34-18-16-30-8-4-10-32-20-24-37(38)43(34)41(30)32/h1-12,14,16-27,45H,13,15H2. The summed E-state index contributed by atoms with van der Waals surface area (Å²) in [4.78, 5) is 15.3. The number of Topliss-reactive ketones (excluding diaryl/α,β-unsaturated/α-hetero) is 1. The molecule has 1 aliphatic carbocycles. The maximum Gasteiger partial charge on any atom is 0.175 e. The highest BCUT2D eigenvalue weighted by Crippen LogP contribution is 2.44. The van der Waals surface area contributed by atoms with E-state index in [2.05, 4.69) is 152 Å². The zero-order chi connectivity index (χ0) is 31.1. The molecule has 9 aromatic carbocycles. The largest absolute Gasteiger partial charge is 0.293 e. The van der Waals surface area contributed by atoms with Gasteiger partial charge in [-0.05, 0) is 94.2 Å². The molecule has 0 saturated carbocycles. The quantitative estimate of drug-likeness (QED) is 0.142. The molecule has 0 saturated heterocycles. The van der Waals surface area contributed by atoms with Gasteiger partial charge >= 0.3 is 0 Å². The van der Waals surface area contributed by atoms with Gasteiger partial charge in [-0.25, -0.2) is 0 Å². The number of carbonyl (C=O) groups excluding carboxylic acids is 1. The summed E-state index contributed by atoms with van der Waals surface area (Å²) < 4.78 is 0. The van der Waals surface area contributed by atoms with Crippen molar-refractivity contribution < 1.29 is 4.79 Å². The van der Waals surface area contributed by atoms with Crippen LogP contribution in [0.5, 0.6) is 0 Å². The van der Waals surface area contributed by atoms with Crippen molar-refractivity contribution in [3.05, 3.63) is 174 Å². The number of hydrogen-bond donors (Lipinski definition) is 0. The third-order valence-corrected chi connectivity index (χ3v) is 10.6. The van der Waals surface area contributed by atoms with E-state index in [1.807, 2.05) is 0 Å². The Morgan fingerprint density at radius 2 is 0.979 bits per heavy atom. The molecule has 1 unspecified atom stereocenters. The summed E-state index contributed by atoms with van der Waals surface area (Å²) in [7, 11) is 0. The fourth-order valence-corrected chi connectivity index (χ4v) is 8.41. The van der Waals surface area contributed by atoms with Crippen molar-refractivity contribution in [2.75, 3.05) is 0 Å². The first-order valence-corrected chi connectivity index (χ1v) is 16.6. The lowest BCUT2D eigenvalue weighted by molar-refractivity contribution is 0.0973. The van der Waals surface area contributed by atoms with Gasteiger partial charge in [-0.15, -0.1) is 0 Å². The predicted molar refractivity (Wildman–Crippen MR) is 199 cm³/mol. The summed E-state index contributed by atoms with van der Waals surface area (Å²) in [5, 5.41) is 14.4. The van der Waals surface area contributed by atoms with Gasteiger partial charge in [0.1, 0.15) is 0 Å². The van der Waals surface area contributed by atoms with Crippen LogP contribution in [0, 0.1) is 0 Å². The first-order chi connectivity index (χ1) is 23.2. The number of hydrogen-bond acceptors (Lipinski definition) is 1. The fraction of sp³-hybridized carbons (Fsp3) is 0.0652. The van der Waals surface area contributed by atoms with E-state index >= 15 is 4.79 Å². The molecule has 10 rings (SSSR count). The van der Waals surface area contributed by atoms with Crippen molar-refractivity contribution in [3.63, 3.8) is 0 Å². The summed E-state index contributed by atoms with van der Waals surface area (Å²) in [6.07, 6.45) is 6.23. The zero-order valence-corrected chi connectivity index (χ0v) is 25.8. The molecule has 47 heavy (non-hydrogen) atoms. The average Bonchev–Trinajstić information content (AvgIpc) is 3.14. The Morgan fingerprint density at radius 1 is 0.447 bits per heavy atom. The highest BCUT2D eigenvalue weighted by atomic mass is 16.1. The minimum Gasteiger partial charge on any atom is -0.293 e. The number of carbonyl (C=O) groups is 1. The smallest absolute Gasteiger partial charge is 0.175 e. The van der Waals surface area contributed by atoms with E-state index < -0.39 is 5.92 Å². The second kappa shape index (κ2) is 10.1. The molecule has 9 aromatic rings. The van der Waals surface area contributed by atoms with Crippen LogP contribution in [0.3, 0.4) is 0 Å². The monoisotopic (exact) mass is 598 g/mol. The van der Waals surface area contributed by atoms with E-state index in [9.17, 15) is 0 Å². The molecule has 1 nitrogen and oxygen atoms in total. The first-order valence-electron chi connectivity index (χ1n) is 16.6. The molecule has 0 aromatic heterocycles. The normalized spacial score (nSPS) is 14.5. The van der Waals surface area contributed by atoms with Crippen LogP contribution in [0.25, 0.3) is 70.2 Å². The van der Waals surface area contributed by atoms with E-state index in [1.54, 1.807) is 0 Å². The number of ketones is 1. The Balaban J connectivity index is 1.23. The lowest BCUT2D eigenvalue weighted by atomic mass is 9.76. The lowest BCUT2D eigenvalue weighted by Crippen LogP contribution is -2.18. The van der Waals surface area contributed by atoms with Crippen LogP contribution in [0.15, 0.2) is 157 Å². The third-order valence-electron chi connectivity index (χ3n) is 10.6. The maximum absolute atomic E-state index is 15.3. The van der Waals surface area contributed by atoms with E-state index in [1.165, 1.54) is 76.0 Å². The van der Waals surface area contributed by atoms with Gasteiger partial charge in [0.15, 0.2) is 5.78 Å². The van der Waals surface area contributed by atoms with Crippen LogP contribution in [0.1, 0.15) is 40.2 Å². The van der Waals surface area contributed by atoms with E-state index in [4.69, 9.17) is 0 Å². The van der Waals surface area contributed by atoms with Gasteiger partial charge in [0.2, 0.25) is 0 Å². The minimum absolute atomic E-state index is 0.167. The fourth-order valence-electron chi connectivity index (χ4n) is 8.41. The first kappa shape index (κ1) is 26.4. The van der Waals surface area contributed by atoms with E-state index in [0.29, 0.717) is 0 Å². The summed E-state index contributed by atoms with van der Waals surface area (Å²) in [5.74, 6) is -0.229. The van der Waals surface area contributed by atoms with Gasteiger partial charge in [0.05, 0.1) is 5.92 Å². The molecule has 0 fully saturated rings. The topological polar surface area (TPSA) is 17.1 Å². The van der Waals surface area contributed by atoms with Crippen molar-refractivity contribution in [3.8, 4) is 0 Å².